The third-order valence-corrected chi connectivity index (χ3v) is 4.39. The van der Waals surface area contributed by atoms with Gasteiger partial charge in [0.05, 0.1) is 17.2 Å². The number of carbonyl (C=O) groups is 1. The van der Waals surface area contributed by atoms with E-state index in [1.807, 2.05) is 35.7 Å². The summed E-state index contributed by atoms with van der Waals surface area (Å²) in [6.07, 6.45) is 3.31. The first-order valence-electron chi connectivity index (χ1n) is 7.90. The molecular formula is C19H15N3O3S. The van der Waals surface area contributed by atoms with Crippen LogP contribution in [0.15, 0.2) is 48.1 Å². The Morgan fingerprint density at radius 1 is 1.31 bits per heavy atom. The molecule has 3 aromatic rings. The molecule has 0 aliphatic heterocycles. The van der Waals surface area contributed by atoms with E-state index in [0.29, 0.717) is 11.3 Å². The third-order valence-electron chi connectivity index (χ3n) is 3.50. The molecule has 0 fully saturated rings. The largest absolute Gasteiger partial charge is 0.465 e. The molecule has 0 radical (unpaired) electrons. The number of nitrogens with zero attached hydrogens (tertiary/aromatic N) is 3. The number of pyridine rings is 2. The van der Waals surface area contributed by atoms with E-state index in [0.717, 1.165) is 10.4 Å². The summed E-state index contributed by atoms with van der Waals surface area (Å²) in [5.41, 5.74) is 2.43. The lowest BCUT2D eigenvalue weighted by molar-refractivity contribution is -0.145. The Morgan fingerprint density at radius 2 is 2.12 bits per heavy atom. The highest BCUT2D eigenvalue weighted by molar-refractivity contribution is 7.13. The molecule has 0 aliphatic carbocycles. The maximum absolute atomic E-state index is 11.6. The quantitative estimate of drug-likeness (QED) is 0.620. The summed E-state index contributed by atoms with van der Waals surface area (Å²) in [6, 6.07) is 11.5. The SMILES string of the molecule is CCOC(=O)COc1nc(-c2cccs2)cc(-c2ccncc2)c1C#N. The number of esters is 1. The lowest BCUT2D eigenvalue weighted by atomic mass is 10.0. The average Bonchev–Trinajstić information content (AvgIpc) is 3.21. The van der Waals surface area contributed by atoms with Gasteiger partial charge in [-0.3, -0.25) is 4.98 Å². The minimum Gasteiger partial charge on any atom is -0.465 e. The first-order valence-corrected chi connectivity index (χ1v) is 8.78. The summed E-state index contributed by atoms with van der Waals surface area (Å²) in [5, 5.41) is 11.6. The number of hydrogen-bond acceptors (Lipinski definition) is 7. The minimum atomic E-state index is -0.509. The summed E-state index contributed by atoms with van der Waals surface area (Å²) in [5.74, 6) is -0.400. The van der Waals surface area contributed by atoms with E-state index >= 15 is 0 Å². The molecule has 7 heteroatoms. The molecule has 0 bridgehead atoms. The highest BCUT2D eigenvalue weighted by Gasteiger charge is 2.18. The number of nitriles is 1. The Labute approximate surface area is 154 Å². The molecule has 0 spiro atoms. The lowest BCUT2D eigenvalue weighted by Crippen LogP contribution is -2.16. The zero-order valence-corrected chi connectivity index (χ0v) is 14.8. The van der Waals surface area contributed by atoms with Crippen LogP contribution in [0.4, 0.5) is 0 Å². The molecule has 0 aromatic carbocycles. The van der Waals surface area contributed by atoms with Gasteiger partial charge in [0.1, 0.15) is 11.6 Å². The summed E-state index contributed by atoms with van der Waals surface area (Å²) in [6.45, 7) is 1.67. The average molecular weight is 365 g/mol. The van der Waals surface area contributed by atoms with Gasteiger partial charge in [0.2, 0.25) is 5.88 Å². The van der Waals surface area contributed by atoms with Gasteiger partial charge in [-0.25, -0.2) is 9.78 Å². The molecule has 3 rings (SSSR count). The highest BCUT2D eigenvalue weighted by Crippen LogP contribution is 2.34. The highest BCUT2D eigenvalue weighted by atomic mass is 32.1. The Morgan fingerprint density at radius 3 is 2.77 bits per heavy atom. The Kier molecular flexibility index (Phi) is 5.56. The number of thiophene rings is 1. The standard InChI is InChI=1S/C19H15N3O3S/c1-2-24-18(23)12-25-19-15(11-20)14(13-5-7-21-8-6-13)10-16(22-19)17-4-3-9-26-17/h3-10H,2,12H2,1H3. The summed E-state index contributed by atoms with van der Waals surface area (Å²) >= 11 is 1.53. The van der Waals surface area contributed by atoms with Crippen molar-refractivity contribution in [3.05, 3.63) is 53.7 Å². The van der Waals surface area contributed by atoms with E-state index in [1.165, 1.54) is 11.3 Å². The molecule has 0 saturated carbocycles. The van der Waals surface area contributed by atoms with Crippen molar-refractivity contribution >= 4 is 17.3 Å². The van der Waals surface area contributed by atoms with Gasteiger partial charge in [-0.15, -0.1) is 11.3 Å². The Hall–Kier alpha value is -3.24. The zero-order valence-electron chi connectivity index (χ0n) is 14.0. The molecular weight excluding hydrogens is 350 g/mol. The first kappa shape index (κ1) is 17.6. The monoisotopic (exact) mass is 365 g/mol. The van der Waals surface area contributed by atoms with Crippen LogP contribution in [0, 0.1) is 11.3 Å². The van der Waals surface area contributed by atoms with Gasteiger partial charge in [0, 0.05) is 18.0 Å². The second-order valence-corrected chi connectivity index (χ2v) is 6.10. The number of hydrogen-bond donors (Lipinski definition) is 0. The van der Waals surface area contributed by atoms with Crippen molar-refractivity contribution in [3.63, 3.8) is 0 Å². The molecule has 0 saturated heterocycles. The molecule has 0 atom stereocenters. The Bertz CT molecular complexity index is 935. The second kappa shape index (κ2) is 8.23. The molecule has 26 heavy (non-hydrogen) atoms. The molecule has 0 unspecified atom stereocenters. The van der Waals surface area contributed by atoms with Gasteiger partial charge in [0.25, 0.3) is 0 Å². The van der Waals surface area contributed by atoms with Crippen LogP contribution >= 0.6 is 11.3 Å². The van der Waals surface area contributed by atoms with Crippen LogP contribution in [-0.4, -0.2) is 29.2 Å². The van der Waals surface area contributed by atoms with Gasteiger partial charge in [-0.05, 0) is 42.1 Å². The van der Waals surface area contributed by atoms with Crippen molar-refractivity contribution in [1.29, 1.82) is 5.26 Å². The summed E-state index contributed by atoms with van der Waals surface area (Å²) < 4.78 is 10.4. The van der Waals surface area contributed by atoms with Crippen molar-refractivity contribution in [2.45, 2.75) is 6.92 Å². The number of carbonyl (C=O) groups excluding carboxylic acids is 1. The molecule has 6 nitrogen and oxygen atoms in total. The fourth-order valence-corrected chi connectivity index (χ4v) is 3.06. The van der Waals surface area contributed by atoms with E-state index in [-0.39, 0.29) is 24.7 Å². The third kappa shape index (κ3) is 3.87. The second-order valence-electron chi connectivity index (χ2n) is 5.15. The number of aromatic nitrogens is 2. The van der Waals surface area contributed by atoms with Crippen molar-refractivity contribution in [2.24, 2.45) is 0 Å². The van der Waals surface area contributed by atoms with E-state index < -0.39 is 5.97 Å². The predicted molar refractivity (Wildman–Crippen MR) is 97.6 cm³/mol. The van der Waals surface area contributed by atoms with E-state index in [1.54, 1.807) is 19.3 Å². The lowest BCUT2D eigenvalue weighted by Gasteiger charge is -2.12. The van der Waals surface area contributed by atoms with E-state index in [9.17, 15) is 10.1 Å². The normalized spacial score (nSPS) is 10.2. The molecule has 130 valence electrons. The molecule has 0 N–H and O–H groups in total. The Balaban J connectivity index is 2.08. The van der Waals surface area contributed by atoms with Crippen LogP contribution in [-0.2, 0) is 9.53 Å². The first-order chi connectivity index (χ1) is 12.7. The maximum Gasteiger partial charge on any atom is 0.344 e. The van der Waals surface area contributed by atoms with Gasteiger partial charge in [0.15, 0.2) is 6.61 Å². The van der Waals surface area contributed by atoms with Gasteiger partial charge < -0.3 is 9.47 Å². The topological polar surface area (TPSA) is 85.1 Å². The fourth-order valence-electron chi connectivity index (χ4n) is 2.37. The fraction of sp³-hybridized carbons (Fsp3) is 0.158. The van der Waals surface area contributed by atoms with Crippen LogP contribution in [0.25, 0.3) is 21.7 Å². The number of ether oxygens (including phenoxy) is 2. The summed E-state index contributed by atoms with van der Waals surface area (Å²) in [4.78, 5) is 21.0. The molecule has 0 amide bonds. The maximum atomic E-state index is 11.6. The predicted octanol–water partition coefficient (Wildman–Crippen LogP) is 3.69. The molecule has 3 aromatic heterocycles. The van der Waals surface area contributed by atoms with E-state index in [2.05, 4.69) is 16.0 Å². The van der Waals surface area contributed by atoms with E-state index in [4.69, 9.17) is 9.47 Å². The summed E-state index contributed by atoms with van der Waals surface area (Å²) in [7, 11) is 0. The van der Waals surface area contributed by atoms with Crippen LogP contribution in [0.3, 0.4) is 0 Å². The van der Waals surface area contributed by atoms with Gasteiger partial charge in [-0.1, -0.05) is 6.07 Å². The van der Waals surface area contributed by atoms with Crippen LogP contribution in [0.1, 0.15) is 12.5 Å². The molecule has 3 heterocycles. The van der Waals surface area contributed by atoms with Gasteiger partial charge >= 0.3 is 5.97 Å². The molecule has 0 aliphatic rings. The number of rotatable bonds is 6. The van der Waals surface area contributed by atoms with Crippen molar-refractivity contribution < 1.29 is 14.3 Å². The smallest absolute Gasteiger partial charge is 0.344 e. The van der Waals surface area contributed by atoms with Crippen molar-refractivity contribution in [3.8, 4) is 33.6 Å². The zero-order chi connectivity index (χ0) is 18.4. The van der Waals surface area contributed by atoms with Crippen molar-refractivity contribution in [2.75, 3.05) is 13.2 Å². The van der Waals surface area contributed by atoms with Gasteiger partial charge in [-0.2, -0.15) is 5.26 Å². The van der Waals surface area contributed by atoms with Crippen LogP contribution < -0.4 is 4.74 Å². The van der Waals surface area contributed by atoms with Crippen LogP contribution in [0.2, 0.25) is 0 Å². The minimum absolute atomic E-state index is 0.110. The van der Waals surface area contributed by atoms with Crippen LogP contribution in [0.5, 0.6) is 5.88 Å². The van der Waals surface area contributed by atoms with Crippen molar-refractivity contribution in [1.82, 2.24) is 9.97 Å².